The molecule has 3 N–H and O–H groups in total. The van der Waals surface area contributed by atoms with Crippen molar-refractivity contribution in [1.29, 1.82) is 0 Å². The fourth-order valence-corrected chi connectivity index (χ4v) is 5.69. The lowest BCUT2D eigenvalue weighted by Gasteiger charge is -2.27. The van der Waals surface area contributed by atoms with Crippen molar-refractivity contribution in [1.82, 2.24) is 15.5 Å². The van der Waals surface area contributed by atoms with Crippen molar-refractivity contribution in [3.8, 4) is 0 Å². The zero-order valence-corrected chi connectivity index (χ0v) is 17.7. The molecule has 2 aliphatic carbocycles. The number of carbonyl (C=O) groups is 1. The Kier molecular flexibility index (Phi) is 4.26. The minimum atomic E-state index is -3.38. The number of aliphatic hydroxyl groups is 1. The number of hydrogen-bond donors (Lipinski definition) is 3. The summed E-state index contributed by atoms with van der Waals surface area (Å²) >= 11 is 6.22. The number of aromatic nitrogens is 2. The van der Waals surface area contributed by atoms with Gasteiger partial charge in [-0.2, -0.15) is 5.10 Å². The summed E-state index contributed by atoms with van der Waals surface area (Å²) in [5.41, 5.74) is 0.840. The number of carbonyl (C=O) groups excluding carboxylic acids is 1. The van der Waals surface area contributed by atoms with Gasteiger partial charge in [-0.25, -0.2) is 8.42 Å². The van der Waals surface area contributed by atoms with Crippen LogP contribution in [0, 0.1) is 11.8 Å². The number of aromatic amines is 1. The SMILES string of the molecule is CS(=O)(=O)c1cccc(C(=O)N[C@@H]2[C@@H]3C[C@@](O)(c4cc(Cl)cc5[nH]ncc45)C[C@@H]32)c1. The summed E-state index contributed by atoms with van der Waals surface area (Å²) in [5, 5.41) is 22.6. The second kappa shape index (κ2) is 6.54. The normalized spacial score (nSPS) is 27.8. The van der Waals surface area contributed by atoms with Crippen LogP contribution in [-0.2, 0) is 15.4 Å². The first-order chi connectivity index (χ1) is 14.2. The van der Waals surface area contributed by atoms with Gasteiger partial charge < -0.3 is 10.4 Å². The average Bonchev–Trinajstić information content (AvgIpc) is 3.03. The molecular weight excluding hydrogens is 426 g/mol. The van der Waals surface area contributed by atoms with E-state index in [2.05, 4.69) is 15.5 Å². The third-order valence-electron chi connectivity index (χ3n) is 6.33. The summed E-state index contributed by atoms with van der Waals surface area (Å²) in [6.45, 7) is 0. The van der Waals surface area contributed by atoms with E-state index in [1.807, 2.05) is 0 Å². The fraction of sp³-hybridized carbons (Fsp3) is 0.333. The van der Waals surface area contributed by atoms with Gasteiger partial charge in [-0.3, -0.25) is 9.89 Å². The first kappa shape index (κ1) is 19.5. The van der Waals surface area contributed by atoms with Crippen LogP contribution in [0.5, 0.6) is 0 Å². The number of benzene rings is 2. The smallest absolute Gasteiger partial charge is 0.251 e. The van der Waals surface area contributed by atoms with Crippen LogP contribution in [-0.4, -0.2) is 41.9 Å². The van der Waals surface area contributed by atoms with Crippen LogP contribution in [0.4, 0.5) is 0 Å². The van der Waals surface area contributed by atoms with E-state index < -0.39 is 15.4 Å². The van der Waals surface area contributed by atoms with Gasteiger partial charge >= 0.3 is 0 Å². The predicted octanol–water partition coefficient (Wildman–Crippen LogP) is 2.65. The fourth-order valence-electron chi connectivity index (χ4n) is 4.80. The molecule has 7 nitrogen and oxygen atoms in total. The summed E-state index contributed by atoms with van der Waals surface area (Å²) in [4.78, 5) is 12.7. The minimum absolute atomic E-state index is 0.0290. The molecule has 1 aromatic heterocycles. The van der Waals surface area contributed by atoms with E-state index in [-0.39, 0.29) is 28.7 Å². The molecule has 0 aliphatic heterocycles. The molecule has 30 heavy (non-hydrogen) atoms. The van der Waals surface area contributed by atoms with Gasteiger partial charge in [0.25, 0.3) is 5.91 Å². The Hall–Kier alpha value is -2.42. The van der Waals surface area contributed by atoms with Gasteiger partial charge in [-0.15, -0.1) is 0 Å². The largest absolute Gasteiger partial charge is 0.385 e. The summed E-state index contributed by atoms with van der Waals surface area (Å²) in [7, 11) is -3.38. The van der Waals surface area contributed by atoms with Crippen molar-refractivity contribution in [3.63, 3.8) is 0 Å². The number of nitrogens with one attached hydrogen (secondary N) is 2. The van der Waals surface area contributed by atoms with Gasteiger partial charge in [0.05, 0.1) is 22.2 Å². The number of H-pyrrole nitrogens is 1. The van der Waals surface area contributed by atoms with Crippen LogP contribution < -0.4 is 5.32 Å². The number of rotatable bonds is 4. The Morgan fingerprint density at radius 2 is 2.00 bits per heavy atom. The molecule has 1 heterocycles. The van der Waals surface area contributed by atoms with E-state index in [0.717, 1.165) is 22.7 Å². The van der Waals surface area contributed by atoms with Gasteiger partial charge in [0.15, 0.2) is 9.84 Å². The quantitative estimate of drug-likeness (QED) is 0.571. The van der Waals surface area contributed by atoms with Gasteiger partial charge in [-0.05, 0) is 60.6 Å². The highest BCUT2D eigenvalue weighted by Gasteiger charge is 2.62. The maximum absolute atomic E-state index is 12.6. The highest BCUT2D eigenvalue weighted by atomic mass is 35.5. The molecule has 156 valence electrons. The van der Waals surface area contributed by atoms with E-state index in [1.165, 1.54) is 12.1 Å². The lowest BCUT2D eigenvalue weighted by molar-refractivity contribution is 0.0293. The molecule has 2 saturated carbocycles. The van der Waals surface area contributed by atoms with Crippen molar-refractivity contribution in [3.05, 3.63) is 58.7 Å². The summed E-state index contributed by atoms with van der Waals surface area (Å²) in [5.74, 6) is 0.0272. The van der Waals surface area contributed by atoms with Crippen LogP contribution in [0.25, 0.3) is 10.9 Å². The lowest BCUT2D eigenvalue weighted by Crippen LogP contribution is -2.33. The highest BCUT2D eigenvalue weighted by Crippen LogP contribution is 2.60. The molecule has 0 bridgehead atoms. The maximum Gasteiger partial charge on any atom is 0.251 e. The van der Waals surface area contributed by atoms with Gasteiger partial charge in [0.2, 0.25) is 0 Å². The van der Waals surface area contributed by atoms with Crippen LogP contribution in [0.1, 0.15) is 28.8 Å². The van der Waals surface area contributed by atoms with E-state index in [0.29, 0.717) is 23.4 Å². The Bertz CT molecular complexity index is 1270. The van der Waals surface area contributed by atoms with Crippen molar-refractivity contribution >= 4 is 38.2 Å². The molecule has 0 radical (unpaired) electrons. The van der Waals surface area contributed by atoms with Crippen LogP contribution in [0.15, 0.2) is 47.5 Å². The van der Waals surface area contributed by atoms with E-state index in [9.17, 15) is 18.3 Å². The molecule has 0 spiro atoms. The summed E-state index contributed by atoms with van der Waals surface area (Å²) < 4.78 is 23.5. The van der Waals surface area contributed by atoms with E-state index in [1.54, 1.807) is 30.5 Å². The number of hydrogen-bond acceptors (Lipinski definition) is 5. The van der Waals surface area contributed by atoms with Crippen molar-refractivity contribution in [2.75, 3.05) is 6.26 Å². The Morgan fingerprint density at radius 1 is 1.27 bits per heavy atom. The Balaban J connectivity index is 1.31. The minimum Gasteiger partial charge on any atom is -0.385 e. The Labute approximate surface area is 178 Å². The van der Waals surface area contributed by atoms with Crippen LogP contribution in [0.2, 0.25) is 5.02 Å². The van der Waals surface area contributed by atoms with Crippen LogP contribution >= 0.6 is 11.6 Å². The van der Waals surface area contributed by atoms with Crippen molar-refractivity contribution < 1.29 is 18.3 Å². The number of nitrogens with zero attached hydrogens (tertiary/aromatic N) is 1. The zero-order valence-electron chi connectivity index (χ0n) is 16.1. The molecule has 2 aromatic carbocycles. The predicted molar refractivity (Wildman–Crippen MR) is 112 cm³/mol. The monoisotopic (exact) mass is 445 g/mol. The molecule has 2 fully saturated rings. The van der Waals surface area contributed by atoms with E-state index in [4.69, 9.17) is 11.6 Å². The first-order valence-corrected chi connectivity index (χ1v) is 11.9. The van der Waals surface area contributed by atoms with Gasteiger partial charge in [-0.1, -0.05) is 17.7 Å². The summed E-state index contributed by atoms with van der Waals surface area (Å²) in [6, 6.07) is 9.56. The van der Waals surface area contributed by atoms with Crippen LogP contribution in [0.3, 0.4) is 0 Å². The molecule has 3 aromatic rings. The number of halogens is 1. The third-order valence-corrected chi connectivity index (χ3v) is 7.65. The van der Waals surface area contributed by atoms with E-state index >= 15 is 0 Å². The lowest BCUT2D eigenvalue weighted by atomic mass is 9.86. The van der Waals surface area contributed by atoms with Crippen molar-refractivity contribution in [2.24, 2.45) is 11.8 Å². The number of fused-ring (bicyclic) bond motifs is 2. The molecule has 2 aliphatic rings. The molecule has 1 amide bonds. The second-order valence-electron chi connectivity index (χ2n) is 8.35. The van der Waals surface area contributed by atoms with Gasteiger partial charge in [0, 0.05) is 28.3 Å². The summed E-state index contributed by atoms with van der Waals surface area (Å²) in [6.07, 6.45) is 3.85. The topological polar surface area (TPSA) is 112 Å². The Morgan fingerprint density at radius 3 is 2.70 bits per heavy atom. The molecule has 9 heteroatoms. The maximum atomic E-state index is 12.6. The molecular formula is C21H20ClN3O4S. The standard InChI is InChI=1S/C21H20ClN3O4S/c1-30(28,29)13-4-2-3-11(5-13)20(26)24-19-14-8-21(27,9-15(14)19)17-6-12(22)7-18-16(17)10-23-25-18/h2-7,10,14-15,19,27H,8-9H2,1H3,(H,23,25)(H,24,26)/t14-,15+,19-,21+. The number of amides is 1. The zero-order chi connectivity index (χ0) is 21.3. The van der Waals surface area contributed by atoms with Gasteiger partial charge in [0.1, 0.15) is 0 Å². The van der Waals surface area contributed by atoms with Crippen molar-refractivity contribution in [2.45, 2.75) is 29.4 Å². The second-order valence-corrected chi connectivity index (χ2v) is 10.8. The highest BCUT2D eigenvalue weighted by molar-refractivity contribution is 7.90. The molecule has 0 unspecified atom stereocenters. The number of sulfone groups is 1. The molecule has 0 saturated heterocycles. The third kappa shape index (κ3) is 3.19. The first-order valence-electron chi connectivity index (χ1n) is 9.62. The molecule has 4 atom stereocenters. The average molecular weight is 446 g/mol. The molecule has 5 rings (SSSR count).